The van der Waals surface area contributed by atoms with Crippen molar-refractivity contribution < 1.29 is 9.52 Å². The van der Waals surface area contributed by atoms with Gasteiger partial charge in [0.25, 0.3) is 0 Å². The number of aliphatic hydroxyl groups is 1. The highest BCUT2D eigenvalue weighted by Gasteiger charge is 2.21. The number of hydrogen-bond donors (Lipinski definition) is 3. The van der Waals surface area contributed by atoms with Crippen molar-refractivity contribution >= 4 is 0 Å². The Morgan fingerprint density at radius 1 is 1.44 bits per heavy atom. The third-order valence-corrected chi connectivity index (χ3v) is 3.07. The van der Waals surface area contributed by atoms with Crippen LogP contribution >= 0.6 is 0 Å². The van der Waals surface area contributed by atoms with Crippen molar-refractivity contribution in [1.29, 1.82) is 0 Å². The molecule has 0 spiro atoms. The van der Waals surface area contributed by atoms with Crippen LogP contribution in [0.25, 0.3) is 11.5 Å². The van der Waals surface area contributed by atoms with Crippen molar-refractivity contribution in [2.45, 2.75) is 39.0 Å². The Morgan fingerprint density at radius 2 is 2.22 bits per heavy atom. The summed E-state index contributed by atoms with van der Waals surface area (Å²) in [5.74, 6) is 1.59. The van der Waals surface area contributed by atoms with Crippen LogP contribution in [-0.2, 0) is 6.54 Å². The highest BCUT2D eigenvalue weighted by Crippen LogP contribution is 2.19. The molecule has 2 rings (SSSR count). The lowest BCUT2D eigenvalue weighted by Crippen LogP contribution is -2.44. The lowest BCUT2D eigenvalue weighted by atomic mass is 10.0. The Kier molecular flexibility index (Phi) is 3.54. The molecule has 1 atom stereocenters. The van der Waals surface area contributed by atoms with Gasteiger partial charge in [-0.3, -0.25) is 5.10 Å². The van der Waals surface area contributed by atoms with Gasteiger partial charge >= 0.3 is 0 Å². The van der Waals surface area contributed by atoms with Crippen molar-refractivity contribution in [1.82, 2.24) is 15.5 Å². The Bertz CT molecular complexity index is 483. The maximum atomic E-state index is 9.81. The third-order valence-electron chi connectivity index (χ3n) is 3.07. The summed E-state index contributed by atoms with van der Waals surface area (Å²) >= 11 is 0. The second-order valence-electron chi connectivity index (χ2n) is 4.99. The van der Waals surface area contributed by atoms with Crippen LogP contribution < -0.4 is 5.32 Å². The smallest absolute Gasteiger partial charge is 0.152 e. The summed E-state index contributed by atoms with van der Waals surface area (Å²) in [6.07, 6.45) is 1.69. The third kappa shape index (κ3) is 3.00. The first-order chi connectivity index (χ1) is 8.47. The van der Waals surface area contributed by atoms with Crippen LogP contribution in [0, 0.1) is 0 Å². The van der Waals surface area contributed by atoms with Crippen LogP contribution in [0.15, 0.2) is 28.8 Å². The molecule has 0 fully saturated rings. The topological polar surface area (TPSA) is 74.1 Å². The minimum Gasteiger partial charge on any atom is -0.458 e. The number of aromatic nitrogens is 2. The molecule has 98 valence electrons. The molecule has 0 bridgehead atoms. The highest BCUT2D eigenvalue weighted by molar-refractivity contribution is 5.51. The van der Waals surface area contributed by atoms with Crippen molar-refractivity contribution in [2.75, 3.05) is 0 Å². The molecule has 0 aliphatic heterocycles. The molecule has 2 aromatic heterocycles. The molecule has 0 aromatic carbocycles. The SMILES string of the molecule is C[C@H](NCc1ccc(-c2ccn[nH]2)o1)C(C)(C)O. The second-order valence-corrected chi connectivity index (χ2v) is 4.99. The zero-order valence-electron chi connectivity index (χ0n) is 10.9. The van der Waals surface area contributed by atoms with Gasteiger partial charge in [-0.05, 0) is 39.0 Å². The van der Waals surface area contributed by atoms with E-state index in [9.17, 15) is 5.11 Å². The van der Waals surface area contributed by atoms with E-state index in [1.54, 1.807) is 20.0 Å². The average molecular weight is 249 g/mol. The molecule has 2 aromatic rings. The zero-order valence-corrected chi connectivity index (χ0v) is 10.9. The molecule has 0 saturated heterocycles. The van der Waals surface area contributed by atoms with E-state index in [1.807, 2.05) is 25.1 Å². The van der Waals surface area contributed by atoms with Crippen molar-refractivity contribution in [3.8, 4) is 11.5 Å². The first kappa shape index (κ1) is 12.9. The summed E-state index contributed by atoms with van der Waals surface area (Å²) in [4.78, 5) is 0. The van der Waals surface area contributed by atoms with E-state index in [2.05, 4.69) is 15.5 Å². The molecule has 18 heavy (non-hydrogen) atoms. The number of nitrogens with zero attached hydrogens (tertiary/aromatic N) is 1. The van der Waals surface area contributed by atoms with E-state index in [0.717, 1.165) is 17.2 Å². The molecule has 0 aliphatic carbocycles. The van der Waals surface area contributed by atoms with Crippen LogP contribution in [0.5, 0.6) is 0 Å². The molecule has 0 saturated carbocycles. The van der Waals surface area contributed by atoms with Gasteiger partial charge in [-0.1, -0.05) is 0 Å². The molecule has 2 heterocycles. The first-order valence-electron chi connectivity index (χ1n) is 6.01. The van der Waals surface area contributed by atoms with Crippen LogP contribution in [0.1, 0.15) is 26.5 Å². The molecule has 5 nitrogen and oxygen atoms in total. The average Bonchev–Trinajstić information content (AvgIpc) is 2.94. The fourth-order valence-electron chi connectivity index (χ4n) is 1.51. The van der Waals surface area contributed by atoms with Gasteiger partial charge in [0.2, 0.25) is 0 Å². The number of rotatable bonds is 5. The Labute approximate surface area is 106 Å². The fraction of sp³-hybridized carbons (Fsp3) is 0.462. The predicted octanol–water partition coefficient (Wildman–Crippen LogP) is 1.92. The fourth-order valence-corrected chi connectivity index (χ4v) is 1.51. The summed E-state index contributed by atoms with van der Waals surface area (Å²) in [6, 6.07) is 5.66. The molecule has 0 amide bonds. The number of aromatic amines is 1. The molecule has 5 heteroatoms. The molecule has 0 unspecified atom stereocenters. The minimum atomic E-state index is -0.751. The van der Waals surface area contributed by atoms with Crippen LogP contribution in [0.4, 0.5) is 0 Å². The van der Waals surface area contributed by atoms with Gasteiger partial charge in [-0.2, -0.15) is 5.10 Å². The quantitative estimate of drug-likeness (QED) is 0.757. The number of hydrogen-bond acceptors (Lipinski definition) is 4. The van der Waals surface area contributed by atoms with E-state index in [1.165, 1.54) is 0 Å². The standard InChI is InChI=1S/C13H19N3O2/c1-9(13(2,3)17)14-8-10-4-5-12(18-10)11-6-7-15-16-11/h4-7,9,14,17H,8H2,1-3H3,(H,15,16)/t9-/m0/s1. The van der Waals surface area contributed by atoms with Crippen LogP contribution in [0.3, 0.4) is 0 Å². The maximum absolute atomic E-state index is 9.81. The van der Waals surface area contributed by atoms with Gasteiger partial charge in [0.15, 0.2) is 5.76 Å². The van der Waals surface area contributed by atoms with Gasteiger partial charge in [0, 0.05) is 12.2 Å². The predicted molar refractivity (Wildman–Crippen MR) is 68.9 cm³/mol. The van der Waals surface area contributed by atoms with Crippen LogP contribution in [0.2, 0.25) is 0 Å². The van der Waals surface area contributed by atoms with Gasteiger partial charge in [0.1, 0.15) is 11.5 Å². The van der Waals surface area contributed by atoms with Gasteiger partial charge in [-0.15, -0.1) is 0 Å². The van der Waals surface area contributed by atoms with Crippen molar-refractivity contribution in [2.24, 2.45) is 0 Å². The minimum absolute atomic E-state index is 0.0156. The Morgan fingerprint density at radius 3 is 2.83 bits per heavy atom. The van der Waals surface area contributed by atoms with Gasteiger partial charge < -0.3 is 14.8 Å². The van der Waals surface area contributed by atoms with Crippen molar-refractivity contribution in [3.63, 3.8) is 0 Å². The molecule has 0 radical (unpaired) electrons. The maximum Gasteiger partial charge on any atom is 0.152 e. The number of furan rings is 1. The van der Waals surface area contributed by atoms with E-state index in [-0.39, 0.29) is 6.04 Å². The van der Waals surface area contributed by atoms with Crippen molar-refractivity contribution in [3.05, 3.63) is 30.2 Å². The normalized spacial score (nSPS) is 13.8. The Hall–Kier alpha value is -1.59. The first-order valence-corrected chi connectivity index (χ1v) is 6.01. The summed E-state index contributed by atoms with van der Waals surface area (Å²) < 4.78 is 5.68. The zero-order chi connectivity index (χ0) is 13.2. The van der Waals surface area contributed by atoms with E-state index >= 15 is 0 Å². The summed E-state index contributed by atoms with van der Waals surface area (Å²) in [5, 5.41) is 19.8. The number of H-pyrrole nitrogens is 1. The lowest BCUT2D eigenvalue weighted by Gasteiger charge is -2.26. The molecule has 3 N–H and O–H groups in total. The largest absolute Gasteiger partial charge is 0.458 e. The van der Waals surface area contributed by atoms with Gasteiger partial charge in [0.05, 0.1) is 12.1 Å². The summed E-state index contributed by atoms with van der Waals surface area (Å²) in [5.41, 5.74) is 0.107. The molecule has 0 aliphatic rings. The molecular weight excluding hydrogens is 230 g/mol. The summed E-state index contributed by atoms with van der Waals surface area (Å²) in [6.45, 7) is 6.09. The highest BCUT2D eigenvalue weighted by atomic mass is 16.3. The molecular formula is C13H19N3O2. The Balaban J connectivity index is 1.96. The number of nitrogens with one attached hydrogen (secondary N) is 2. The summed E-state index contributed by atoms with van der Waals surface area (Å²) in [7, 11) is 0. The van der Waals surface area contributed by atoms with Gasteiger partial charge in [-0.25, -0.2) is 0 Å². The lowest BCUT2D eigenvalue weighted by molar-refractivity contribution is 0.0431. The second kappa shape index (κ2) is 4.96. The monoisotopic (exact) mass is 249 g/mol. The van der Waals surface area contributed by atoms with E-state index in [0.29, 0.717) is 6.54 Å². The van der Waals surface area contributed by atoms with Crippen LogP contribution in [-0.4, -0.2) is 26.9 Å². The van der Waals surface area contributed by atoms with E-state index < -0.39 is 5.60 Å². The van der Waals surface area contributed by atoms with E-state index in [4.69, 9.17) is 4.42 Å².